The molecule has 0 saturated carbocycles. The predicted molar refractivity (Wildman–Crippen MR) is 72.3 cm³/mol. The topological polar surface area (TPSA) is 52.6 Å². The Kier molecular flexibility index (Phi) is 2.63. The SMILES string of the molecule is CC(C)=COc1c2occc2cc2ccc(=O)oc12. The van der Waals surface area contributed by atoms with Crippen LogP contribution in [0.1, 0.15) is 13.8 Å². The Balaban J connectivity index is 2.38. The summed E-state index contributed by atoms with van der Waals surface area (Å²) in [5, 5.41) is 1.70. The van der Waals surface area contributed by atoms with Crippen LogP contribution in [0, 0.1) is 0 Å². The van der Waals surface area contributed by atoms with Crippen LogP contribution in [0.5, 0.6) is 5.75 Å². The molecule has 0 aliphatic carbocycles. The lowest BCUT2D eigenvalue weighted by Crippen LogP contribution is -1.96. The van der Waals surface area contributed by atoms with Gasteiger partial charge in [-0.1, -0.05) is 0 Å². The molecule has 0 spiro atoms. The van der Waals surface area contributed by atoms with Crippen molar-refractivity contribution < 1.29 is 13.6 Å². The zero-order valence-corrected chi connectivity index (χ0v) is 10.6. The van der Waals surface area contributed by atoms with Crippen LogP contribution in [-0.2, 0) is 0 Å². The van der Waals surface area contributed by atoms with Crippen molar-refractivity contribution in [1.82, 2.24) is 0 Å². The van der Waals surface area contributed by atoms with Crippen LogP contribution in [0.4, 0.5) is 0 Å². The van der Waals surface area contributed by atoms with E-state index in [9.17, 15) is 4.79 Å². The van der Waals surface area contributed by atoms with Gasteiger partial charge < -0.3 is 13.6 Å². The zero-order valence-electron chi connectivity index (χ0n) is 10.6. The first-order valence-corrected chi connectivity index (χ1v) is 5.89. The van der Waals surface area contributed by atoms with E-state index in [1.807, 2.05) is 26.0 Å². The summed E-state index contributed by atoms with van der Waals surface area (Å²) in [7, 11) is 0. The molecule has 2 aromatic heterocycles. The summed E-state index contributed by atoms with van der Waals surface area (Å²) in [4.78, 5) is 11.4. The summed E-state index contributed by atoms with van der Waals surface area (Å²) >= 11 is 0. The molecular weight excluding hydrogens is 244 g/mol. The first-order chi connectivity index (χ1) is 9.15. The standard InChI is InChI=1S/C15H12O4/c1-9(2)8-18-15-13-11(5-6-17-13)7-10-3-4-12(16)19-14(10)15/h3-8H,1-2H3. The quantitative estimate of drug-likeness (QED) is 0.516. The largest absolute Gasteiger partial charge is 0.460 e. The minimum atomic E-state index is -0.416. The number of benzene rings is 1. The molecule has 0 radical (unpaired) electrons. The van der Waals surface area contributed by atoms with Crippen LogP contribution in [0.25, 0.3) is 21.9 Å². The van der Waals surface area contributed by atoms with Crippen molar-refractivity contribution in [2.45, 2.75) is 13.8 Å². The average molecular weight is 256 g/mol. The van der Waals surface area contributed by atoms with E-state index in [2.05, 4.69) is 0 Å². The van der Waals surface area contributed by atoms with E-state index >= 15 is 0 Å². The Morgan fingerprint density at radius 3 is 2.74 bits per heavy atom. The number of fused-ring (bicyclic) bond motifs is 2. The lowest BCUT2D eigenvalue weighted by atomic mass is 10.1. The zero-order chi connectivity index (χ0) is 13.4. The Labute approximate surface area is 108 Å². The first-order valence-electron chi connectivity index (χ1n) is 5.89. The molecule has 0 bridgehead atoms. The van der Waals surface area contributed by atoms with Crippen molar-refractivity contribution in [2.75, 3.05) is 0 Å². The van der Waals surface area contributed by atoms with E-state index in [1.54, 1.807) is 18.6 Å². The molecule has 0 aliphatic heterocycles. The molecule has 0 unspecified atom stereocenters. The number of furan rings is 1. The molecule has 2 heterocycles. The number of hydrogen-bond donors (Lipinski definition) is 0. The monoisotopic (exact) mass is 256 g/mol. The molecule has 0 amide bonds. The maximum Gasteiger partial charge on any atom is 0.336 e. The average Bonchev–Trinajstić information content (AvgIpc) is 2.82. The smallest absolute Gasteiger partial charge is 0.336 e. The minimum absolute atomic E-state index is 0.396. The van der Waals surface area contributed by atoms with Gasteiger partial charge in [-0.15, -0.1) is 0 Å². The number of allylic oxidation sites excluding steroid dienone is 1. The molecule has 4 heteroatoms. The van der Waals surface area contributed by atoms with Crippen molar-refractivity contribution in [1.29, 1.82) is 0 Å². The molecule has 0 N–H and O–H groups in total. The van der Waals surface area contributed by atoms with Crippen LogP contribution < -0.4 is 10.4 Å². The van der Waals surface area contributed by atoms with Crippen LogP contribution in [0.15, 0.2) is 56.0 Å². The molecule has 3 aromatic rings. The number of rotatable bonds is 2. The number of ether oxygens (including phenoxy) is 1. The highest BCUT2D eigenvalue weighted by Gasteiger charge is 2.14. The summed E-state index contributed by atoms with van der Waals surface area (Å²) in [5.41, 5.74) is 1.54. The molecule has 0 aliphatic rings. The van der Waals surface area contributed by atoms with E-state index in [-0.39, 0.29) is 0 Å². The highest BCUT2D eigenvalue weighted by molar-refractivity contribution is 6.00. The van der Waals surface area contributed by atoms with Gasteiger partial charge in [0.15, 0.2) is 11.2 Å². The maximum absolute atomic E-state index is 11.4. The fourth-order valence-electron chi connectivity index (χ4n) is 1.89. The van der Waals surface area contributed by atoms with Crippen LogP contribution in [0.3, 0.4) is 0 Å². The lowest BCUT2D eigenvalue weighted by Gasteiger charge is -2.05. The fourth-order valence-corrected chi connectivity index (χ4v) is 1.89. The van der Waals surface area contributed by atoms with E-state index in [1.165, 1.54) is 6.07 Å². The molecule has 96 valence electrons. The number of hydrogen-bond acceptors (Lipinski definition) is 4. The Hall–Kier alpha value is -2.49. The van der Waals surface area contributed by atoms with Gasteiger partial charge in [0.1, 0.15) is 0 Å². The molecule has 0 fully saturated rings. The van der Waals surface area contributed by atoms with Crippen LogP contribution >= 0.6 is 0 Å². The highest BCUT2D eigenvalue weighted by Crippen LogP contribution is 2.35. The molecular formula is C15H12O4. The first kappa shape index (κ1) is 11.6. The van der Waals surface area contributed by atoms with E-state index < -0.39 is 5.63 Å². The summed E-state index contributed by atoms with van der Waals surface area (Å²) in [6.45, 7) is 3.83. The lowest BCUT2D eigenvalue weighted by molar-refractivity contribution is 0.452. The van der Waals surface area contributed by atoms with Gasteiger partial charge in [0.05, 0.1) is 12.5 Å². The molecule has 3 rings (SSSR count). The Morgan fingerprint density at radius 2 is 1.95 bits per heavy atom. The molecule has 4 nitrogen and oxygen atoms in total. The second kappa shape index (κ2) is 4.31. The normalized spacial score (nSPS) is 10.8. The maximum atomic E-state index is 11.4. The summed E-state index contributed by atoms with van der Waals surface area (Å²) < 4.78 is 16.3. The minimum Gasteiger partial charge on any atom is -0.460 e. The molecule has 1 aromatic carbocycles. The van der Waals surface area contributed by atoms with Crippen molar-refractivity contribution in [3.8, 4) is 5.75 Å². The van der Waals surface area contributed by atoms with Crippen molar-refractivity contribution in [3.05, 3.63) is 52.8 Å². The van der Waals surface area contributed by atoms with Gasteiger partial charge in [0.2, 0.25) is 5.75 Å². The molecule has 0 saturated heterocycles. The summed E-state index contributed by atoms with van der Waals surface area (Å²) in [6.07, 6.45) is 3.18. The van der Waals surface area contributed by atoms with Gasteiger partial charge in [-0.05, 0) is 37.6 Å². The predicted octanol–water partition coefficient (Wildman–Crippen LogP) is 3.84. The second-order valence-corrected chi connectivity index (χ2v) is 4.53. The molecule has 0 atom stereocenters. The highest BCUT2D eigenvalue weighted by atomic mass is 16.5. The Bertz CT molecular complexity index is 832. The van der Waals surface area contributed by atoms with Crippen LogP contribution in [-0.4, -0.2) is 0 Å². The van der Waals surface area contributed by atoms with Gasteiger partial charge in [-0.2, -0.15) is 0 Å². The summed E-state index contributed by atoms with van der Waals surface area (Å²) in [6, 6.07) is 6.84. The van der Waals surface area contributed by atoms with Crippen molar-refractivity contribution >= 4 is 21.9 Å². The van der Waals surface area contributed by atoms with Gasteiger partial charge in [0.25, 0.3) is 0 Å². The van der Waals surface area contributed by atoms with Crippen molar-refractivity contribution in [3.63, 3.8) is 0 Å². The van der Waals surface area contributed by atoms with Crippen molar-refractivity contribution in [2.24, 2.45) is 0 Å². The Morgan fingerprint density at radius 1 is 1.16 bits per heavy atom. The third-order valence-corrected chi connectivity index (χ3v) is 2.70. The third-order valence-electron chi connectivity index (χ3n) is 2.70. The van der Waals surface area contributed by atoms with Gasteiger partial charge in [-0.25, -0.2) is 4.79 Å². The van der Waals surface area contributed by atoms with Gasteiger partial charge in [0, 0.05) is 16.8 Å². The summed E-state index contributed by atoms with van der Waals surface area (Å²) in [5.74, 6) is 0.427. The van der Waals surface area contributed by atoms with E-state index in [4.69, 9.17) is 13.6 Å². The third kappa shape index (κ3) is 2.01. The second-order valence-electron chi connectivity index (χ2n) is 4.53. The molecule has 19 heavy (non-hydrogen) atoms. The van der Waals surface area contributed by atoms with Gasteiger partial charge >= 0.3 is 5.63 Å². The fraction of sp³-hybridized carbons (Fsp3) is 0.133. The van der Waals surface area contributed by atoms with Gasteiger partial charge in [-0.3, -0.25) is 0 Å². The van der Waals surface area contributed by atoms with Crippen LogP contribution in [0.2, 0.25) is 0 Å². The van der Waals surface area contributed by atoms with E-state index in [0.717, 1.165) is 16.3 Å². The van der Waals surface area contributed by atoms with E-state index in [0.29, 0.717) is 16.9 Å².